The zero-order chi connectivity index (χ0) is 24.0. The van der Waals surface area contributed by atoms with E-state index in [0.717, 1.165) is 16.7 Å². The lowest BCUT2D eigenvalue weighted by molar-refractivity contribution is -0.152. The number of benzene rings is 3. The SMILES string of the molecule is CCC(=O)/C=C/CC[C@H](C(=O)OCc1ccccc1)N(Cc1ccccc1)Cc1ccccc1. The average molecular weight is 456 g/mol. The van der Waals surface area contributed by atoms with Gasteiger partial charge in [-0.05, 0) is 35.6 Å². The highest BCUT2D eigenvalue weighted by molar-refractivity contribution is 5.89. The van der Waals surface area contributed by atoms with Gasteiger partial charge in [-0.25, -0.2) is 0 Å². The van der Waals surface area contributed by atoms with Gasteiger partial charge in [-0.1, -0.05) is 104 Å². The molecule has 0 saturated heterocycles. The minimum Gasteiger partial charge on any atom is -0.460 e. The molecule has 3 aromatic rings. The molecular formula is C30H33NO3. The summed E-state index contributed by atoms with van der Waals surface area (Å²) in [7, 11) is 0. The number of hydrogen-bond donors (Lipinski definition) is 0. The summed E-state index contributed by atoms with van der Waals surface area (Å²) >= 11 is 0. The van der Waals surface area contributed by atoms with Crippen molar-refractivity contribution in [2.45, 2.75) is 51.9 Å². The Bertz CT molecular complexity index is 991. The van der Waals surface area contributed by atoms with Crippen molar-refractivity contribution >= 4 is 11.8 Å². The minimum absolute atomic E-state index is 0.0913. The fourth-order valence-electron chi connectivity index (χ4n) is 3.77. The second kappa shape index (κ2) is 13.9. The van der Waals surface area contributed by atoms with E-state index in [-0.39, 0.29) is 18.4 Å². The third-order valence-electron chi connectivity index (χ3n) is 5.65. The van der Waals surface area contributed by atoms with Crippen LogP contribution in [0.4, 0.5) is 0 Å². The maximum Gasteiger partial charge on any atom is 0.323 e. The topological polar surface area (TPSA) is 46.6 Å². The molecule has 34 heavy (non-hydrogen) atoms. The molecule has 0 bridgehead atoms. The molecule has 0 fully saturated rings. The molecule has 4 nitrogen and oxygen atoms in total. The van der Waals surface area contributed by atoms with Crippen molar-refractivity contribution in [1.29, 1.82) is 0 Å². The maximum atomic E-state index is 13.4. The fourth-order valence-corrected chi connectivity index (χ4v) is 3.77. The standard InChI is InChI=1S/C30H33NO3/c1-2-28(32)20-12-13-21-29(30(33)34-24-27-18-10-5-11-19-27)31(22-25-14-6-3-7-15-25)23-26-16-8-4-9-17-26/h3-12,14-20,29H,2,13,21-24H2,1H3/b20-12+/t29-/m1/s1. The van der Waals surface area contributed by atoms with Crippen molar-refractivity contribution in [3.8, 4) is 0 Å². The number of nitrogens with zero attached hydrogens (tertiary/aromatic N) is 1. The summed E-state index contributed by atoms with van der Waals surface area (Å²) in [5, 5.41) is 0. The Kier molecular flexibility index (Phi) is 10.3. The molecule has 3 rings (SSSR count). The molecule has 3 aromatic carbocycles. The van der Waals surface area contributed by atoms with Crippen molar-refractivity contribution < 1.29 is 14.3 Å². The Labute approximate surface area is 202 Å². The number of esters is 1. The lowest BCUT2D eigenvalue weighted by Gasteiger charge is -2.30. The number of allylic oxidation sites excluding steroid dienone is 2. The normalized spacial score (nSPS) is 12.1. The molecule has 1 atom stereocenters. The van der Waals surface area contributed by atoms with E-state index in [1.54, 1.807) is 6.08 Å². The number of carbonyl (C=O) groups excluding carboxylic acids is 2. The van der Waals surface area contributed by atoms with Gasteiger partial charge in [-0.15, -0.1) is 0 Å². The van der Waals surface area contributed by atoms with Crippen LogP contribution in [0, 0.1) is 0 Å². The van der Waals surface area contributed by atoms with Crippen molar-refractivity contribution in [3.63, 3.8) is 0 Å². The lowest BCUT2D eigenvalue weighted by atomic mass is 10.1. The van der Waals surface area contributed by atoms with Gasteiger partial charge >= 0.3 is 5.97 Å². The van der Waals surface area contributed by atoms with Gasteiger partial charge in [0.2, 0.25) is 0 Å². The van der Waals surface area contributed by atoms with Crippen molar-refractivity contribution in [3.05, 3.63) is 120 Å². The van der Waals surface area contributed by atoms with E-state index in [1.165, 1.54) is 0 Å². The minimum atomic E-state index is -0.439. The number of carbonyl (C=O) groups is 2. The van der Waals surface area contributed by atoms with Gasteiger partial charge in [0, 0.05) is 19.5 Å². The van der Waals surface area contributed by atoms with Crippen molar-refractivity contribution in [2.75, 3.05) is 0 Å². The first-order valence-corrected chi connectivity index (χ1v) is 11.9. The van der Waals surface area contributed by atoms with Crippen LogP contribution in [0.5, 0.6) is 0 Å². The molecule has 0 aliphatic carbocycles. The lowest BCUT2D eigenvalue weighted by Crippen LogP contribution is -2.41. The second-order valence-corrected chi connectivity index (χ2v) is 8.28. The Morgan fingerprint density at radius 3 is 1.79 bits per heavy atom. The highest BCUT2D eigenvalue weighted by Crippen LogP contribution is 2.19. The Morgan fingerprint density at radius 1 is 0.794 bits per heavy atom. The molecule has 0 heterocycles. The average Bonchev–Trinajstić information content (AvgIpc) is 2.88. The highest BCUT2D eigenvalue weighted by atomic mass is 16.5. The largest absolute Gasteiger partial charge is 0.460 e. The Balaban J connectivity index is 1.81. The molecular weight excluding hydrogens is 422 g/mol. The van der Waals surface area contributed by atoms with Crippen LogP contribution in [0.25, 0.3) is 0 Å². The van der Waals surface area contributed by atoms with Crippen LogP contribution in [0.1, 0.15) is 42.9 Å². The predicted octanol–water partition coefficient (Wildman–Crippen LogP) is 6.12. The van der Waals surface area contributed by atoms with E-state index >= 15 is 0 Å². The number of ether oxygens (including phenoxy) is 1. The number of rotatable bonds is 13. The first-order valence-electron chi connectivity index (χ1n) is 11.9. The monoisotopic (exact) mass is 455 g/mol. The van der Waals surface area contributed by atoms with E-state index in [4.69, 9.17) is 4.74 Å². The van der Waals surface area contributed by atoms with Crippen molar-refractivity contribution in [1.82, 2.24) is 4.90 Å². The van der Waals surface area contributed by atoms with Gasteiger partial charge in [0.1, 0.15) is 12.6 Å². The molecule has 0 aliphatic rings. The first kappa shape index (κ1) is 25.1. The molecule has 0 aromatic heterocycles. The zero-order valence-corrected chi connectivity index (χ0v) is 19.8. The molecule has 0 spiro atoms. The molecule has 4 heteroatoms. The molecule has 0 N–H and O–H groups in total. The zero-order valence-electron chi connectivity index (χ0n) is 19.8. The van der Waals surface area contributed by atoms with Gasteiger partial charge in [0.15, 0.2) is 5.78 Å². The molecule has 0 saturated carbocycles. The third-order valence-corrected chi connectivity index (χ3v) is 5.65. The quantitative estimate of drug-likeness (QED) is 0.230. The summed E-state index contributed by atoms with van der Waals surface area (Å²) in [5.41, 5.74) is 3.23. The smallest absolute Gasteiger partial charge is 0.323 e. The van der Waals surface area contributed by atoms with E-state index in [9.17, 15) is 9.59 Å². The summed E-state index contributed by atoms with van der Waals surface area (Å²) in [6.45, 7) is 3.33. The van der Waals surface area contributed by atoms with Gasteiger partial charge < -0.3 is 4.74 Å². The van der Waals surface area contributed by atoms with Crippen LogP contribution in [-0.4, -0.2) is 22.7 Å². The summed E-state index contributed by atoms with van der Waals surface area (Å²) < 4.78 is 5.77. The summed E-state index contributed by atoms with van der Waals surface area (Å²) in [6.07, 6.45) is 5.16. The van der Waals surface area contributed by atoms with Crippen LogP contribution in [-0.2, 0) is 34.0 Å². The van der Waals surface area contributed by atoms with Gasteiger partial charge in [0.25, 0.3) is 0 Å². The van der Waals surface area contributed by atoms with E-state index in [0.29, 0.717) is 32.4 Å². The van der Waals surface area contributed by atoms with E-state index in [1.807, 2.05) is 79.7 Å². The summed E-state index contributed by atoms with van der Waals surface area (Å²) in [6, 6.07) is 29.6. The Hall–Kier alpha value is -3.50. The fraction of sp³-hybridized carbons (Fsp3) is 0.267. The maximum absolute atomic E-state index is 13.4. The van der Waals surface area contributed by atoms with Gasteiger partial charge in [-0.2, -0.15) is 0 Å². The molecule has 0 amide bonds. The second-order valence-electron chi connectivity index (χ2n) is 8.28. The summed E-state index contributed by atoms with van der Waals surface area (Å²) in [5.74, 6) is -0.153. The number of ketones is 1. The van der Waals surface area contributed by atoms with Crippen LogP contribution in [0.2, 0.25) is 0 Å². The van der Waals surface area contributed by atoms with Crippen molar-refractivity contribution in [2.24, 2.45) is 0 Å². The summed E-state index contributed by atoms with van der Waals surface area (Å²) in [4.78, 5) is 27.2. The Morgan fingerprint density at radius 2 is 1.29 bits per heavy atom. The third kappa shape index (κ3) is 8.45. The molecule has 176 valence electrons. The van der Waals surface area contributed by atoms with Crippen LogP contribution < -0.4 is 0 Å². The van der Waals surface area contributed by atoms with Crippen LogP contribution >= 0.6 is 0 Å². The van der Waals surface area contributed by atoms with Gasteiger partial charge in [-0.3, -0.25) is 14.5 Å². The van der Waals surface area contributed by atoms with Crippen LogP contribution in [0.15, 0.2) is 103 Å². The van der Waals surface area contributed by atoms with Crippen LogP contribution in [0.3, 0.4) is 0 Å². The first-order chi connectivity index (χ1) is 16.7. The molecule has 0 aliphatic heterocycles. The van der Waals surface area contributed by atoms with E-state index < -0.39 is 6.04 Å². The molecule has 0 radical (unpaired) electrons. The highest BCUT2D eigenvalue weighted by Gasteiger charge is 2.27. The van der Waals surface area contributed by atoms with Gasteiger partial charge in [0.05, 0.1) is 0 Å². The molecule has 0 unspecified atom stereocenters. The van der Waals surface area contributed by atoms with E-state index in [2.05, 4.69) is 29.2 Å². The number of hydrogen-bond acceptors (Lipinski definition) is 4. The predicted molar refractivity (Wildman–Crippen MR) is 136 cm³/mol.